The lowest BCUT2D eigenvalue weighted by Crippen LogP contribution is -2.33. The smallest absolute Gasteiger partial charge is 0.246 e. The van der Waals surface area contributed by atoms with E-state index in [1.807, 2.05) is 13.0 Å². The summed E-state index contributed by atoms with van der Waals surface area (Å²) in [7, 11) is 3.34. The van der Waals surface area contributed by atoms with Crippen molar-refractivity contribution in [1.29, 1.82) is 0 Å². The highest BCUT2D eigenvalue weighted by Gasteiger charge is 2.30. The fourth-order valence-corrected chi connectivity index (χ4v) is 3.00. The van der Waals surface area contributed by atoms with Crippen molar-refractivity contribution in [2.75, 3.05) is 14.2 Å². The second kappa shape index (κ2) is 7.09. The van der Waals surface area contributed by atoms with Gasteiger partial charge in [0, 0.05) is 20.4 Å². The topological polar surface area (TPSA) is 81.4 Å². The fourth-order valence-electron chi connectivity index (χ4n) is 3.00. The van der Waals surface area contributed by atoms with Crippen LogP contribution in [0.4, 0.5) is 0 Å². The monoisotopic (exact) mass is 330 g/mol. The SMILES string of the molecule is CO[C@H](C)c1noc(CN(C)C(=O)[C@H]2CCCc3cccnc32)n1. The van der Waals surface area contributed by atoms with Gasteiger partial charge in [0.15, 0.2) is 5.82 Å². The van der Waals surface area contributed by atoms with Crippen molar-refractivity contribution in [3.05, 3.63) is 41.3 Å². The van der Waals surface area contributed by atoms with E-state index in [1.54, 1.807) is 25.3 Å². The van der Waals surface area contributed by atoms with Crippen LogP contribution in [0.5, 0.6) is 0 Å². The maximum atomic E-state index is 12.8. The van der Waals surface area contributed by atoms with Crippen molar-refractivity contribution in [3.8, 4) is 0 Å². The zero-order valence-electron chi connectivity index (χ0n) is 14.2. The van der Waals surface area contributed by atoms with Gasteiger partial charge in [0.25, 0.3) is 0 Å². The van der Waals surface area contributed by atoms with Crippen LogP contribution in [-0.2, 0) is 22.5 Å². The van der Waals surface area contributed by atoms with Gasteiger partial charge in [-0.25, -0.2) is 0 Å². The fraction of sp³-hybridized carbons (Fsp3) is 0.529. The molecular formula is C17H22N4O3. The number of nitrogens with zero attached hydrogens (tertiary/aromatic N) is 4. The van der Waals surface area contributed by atoms with Gasteiger partial charge in [-0.1, -0.05) is 11.2 Å². The first kappa shape index (κ1) is 16.6. The van der Waals surface area contributed by atoms with E-state index in [1.165, 1.54) is 5.56 Å². The first-order valence-corrected chi connectivity index (χ1v) is 8.14. The molecule has 2 heterocycles. The van der Waals surface area contributed by atoms with E-state index in [9.17, 15) is 4.79 Å². The van der Waals surface area contributed by atoms with Crippen LogP contribution in [0.25, 0.3) is 0 Å². The molecule has 0 bridgehead atoms. The normalized spacial score (nSPS) is 18.0. The number of carbonyl (C=O) groups excluding carboxylic acids is 1. The highest BCUT2D eigenvalue weighted by molar-refractivity contribution is 5.83. The number of hydrogen-bond acceptors (Lipinski definition) is 6. The Labute approximate surface area is 141 Å². The Hall–Kier alpha value is -2.28. The molecule has 0 spiro atoms. The van der Waals surface area contributed by atoms with Crippen LogP contribution in [0.3, 0.4) is 0 Å². The zero-order valence-corrected chi connectivity index (χ0v) is 14.2. The number of aryl methyl sites for hydroxylation is 1. The van der Waals surface area contributed by atoms with Crippen LogP contribution in [0.15, 0.2) is 22.9 Å². The summed E-state index contributed by atoms with van der Waals surface area (Å²) in [5.41, 5.74) is 2.07. The Morgan fingerprint density at radius 1 is 1.54 bits per heavy atom. The molecule has 0 aliphatic heterocycles. The third-order valence-electron chi connectivity index (χ3n) is 4.44. The molecule has 2 aromatic rings. The van der Waals surface area contributed by atoms with E-state index in [-0.39, 0.29) is 24.5 Å². The molecule has 1 aliphatic carbocycles. The molecule has 0 fully saturated rings. The Morgan fingerprint density at radius 2 is 2.38 bits per heavy atom. The Morgan fingerprint density at radius 3 is 3.17 bits per heavy atom. The number of rotatable bonds is 5. The van der Waals surface area contributed by atoms with Crippen molar-refractivity contribution >= 4 is 5.91 Å². The van der Waals surface area contributed by atoms with Crippen LogP contribution in [0.1, 0.15) is 54.8 Å². The first-order valence-electron chi connectivity index (χ1n) is 8.14. The number of carbonyl (C=O) groups is 1. The van der Waals surface area contributed by atoms with Crippen LogP contribution >= 0.6 is 0 Å². The lowest BCUT2D eigenvalue weighted by molar-refractivity contribution is -0.132. The number of amides is 1. The first-order chi connectivity index (χ1) is 11.6. The average molecular weight is 330 g/mol. The molecule has 0 aromatic carbocycles. The molecule has 128 valence electrons. The van der Waals surface area contributed by atoms with Crippen LogP contribution in [0.2, 0.25) is 0 Å². The molecule has 24 heavy (non-hydrogen) atoms. The third-order valence-corrected chi connectivity index (χ3v) is 4.44. The molecule has 1 aliphatic rings. The minimum atomic E-state index is -0.238. The van der Waals surface area contributed by atoms with Crippen molar-refractivity contribution in [2.45, 2.75) is 44.8 Å². The minimum absolute atomic E-state index is 0.0363. The van der Waals surface area contributed by atoms with E-state index >= 15 is 0 Å². The summed E-state index contributed by atoms with van der Waals surface area (Å²) in [4.78, 5) is 23.2. The number of likely N-dealkylation sites (N-methyl/N-ethyl adjacent to an activating group) is 1. The molecule has 0 radical (unpaired) electrons. The number of hydrogen-bond donors (Lipinski definition) is 0. The van der Waals surface area contributed by atoms with Gasteiger partial charge in [0.1, 0.15) is 6.10 Å². The summed E-state index contributed by atoms with van der Waals surface area (Å²) in [6, 6.07) is 3.98. The summed E-state index contributed by atoms with van der Waals surface area (Å²) < 4.78 is 10.4. The molecule has 3 rings (SSSR count). The van der Waals surface area contributed by atoms with E-state index in [0.29, 0.717) is 11.7 Å². The van der Waals surface area contributed by atoms with Crippen molar-refractivity contribution in [2.24, 2.45) is 0 Å². The van der Waals surface area contributed by atoms with Crippen molar-refractivity contribution < 1.29 is 14.1 Å². The molecule has 7 nitrogen and oxygen atoms in total. The quantitative estimate of drug-likeness (QED) is 0.836. The van der Waals surface area contributed by atoms with Crippen molar-refractivity contribution in [1.82, 2.24) is 20.0 Å². The molecule has 2 aromatic heterocycles. The van der Waals surface area contributed by atoms with Gasteiger partial charge in [-0.2, -0.15) is 4.98 Å². The summed E-state index contributed by atoms with van der Waals surface area (Å²) in [6.07, 6.45) is 4.32. The van der Waals surface area contributed by atoms with Gasteiger partial charge in [-0.15, -0.1) is 0 Å². The standard InChI is InChI=1S/C17H22N4O3/c1-11(23-3)16-19-14(24-20-16)10-21(2)17(22)13-8-4-6-12-7-5-9-18-15(12)13/h5,7,9,11,13H,4,6,8,10H2,1-3H3/t11-,13+/m1/s1. The Bertz CT molecular complexity index is 715. The summed E-state index contributed by atoms with van der Waals surface area (Å²) >= 11 is 0. The van der Waals surface area contributed by atoms with Gasteiger partial charge in [-0.3, -0.25) is 9.78 Å². The predicted molar refractivity (Wildman–Crippen MR) is 86.1 cm³/mol. The average Bonchev–Trinajstić information content (AvgIpc) is 3.08. The van der Waals surface area contributed by atoms with E-state index < -0.39 is 0 Å². The summed E-state index contributed by atoms with van der Waals surface area (Å²) in [6.45, 7) is 2.12. The number of pyridine rings is 1. The van der Waals surface area contributed by atoms with Gasteiger partial charge in [-0.05, 0) is 37.8 Å². The highest BCUT2D eigenvalue weighted by Crippen LogP contribution is 2.31. The van der Waals surface area contributed by atoms with E-state index in [0.717, 1.165) is 25.0 Å². The second-order valence-electron chi connectivity index (χ2n) is 6.11. The molecule has 0 saturated carbocycles. The summed E-state index contributed by atoms with van der Waals surface area (Å²) in [5.74, 6) is 0.731. The van der Waals surface area contributed by atoms with Crippen LogP contribution < -0.4 is 0 Å². The maximum absolute atomic E-state index is 12.8. The Kier molecular flexibility index (Phi) is 4.89. The predicted octanol–water partition coefficient (Wildman–Crippen LogP) is 2.25. The minimum Gasteiger partial charge on any atom is -0.374 e. The van der Waals surface area contributed by atoms with Gasteiger partial charge in [0.05, 0.1) is 18.2 Å². The molecule has 2 atom stereocenters. The zero-order chi connectivity index (χ0) is 17.1. The molecule has 0 unspecified atom stereocenters. The molecule has 1 amide bonds. The van der Waals surface area contributed by atoms with Gasteiger partial charge in [0.2, 0.25) is 11.8 Å². The molecular weight excluding hydrogens is 308 g/mol. The van der Waals surface area contributed by atoms with Crippen molar-refractivity contribution in [3.63, 3.8) is 0 Å². The largest absolute Gasteiger partial charge is 0.374 e. The Balaban J connectivity index is 1.70. The lowest BCUT2D eigenvalue weighted by atomic mass is 9.86. The van der Waals surface area contributed by atoms with Crippen LogP contribution in [0, 0.1) is 0 Å². The third kappa shape index (κ3) is 3.31. The van der Waals surface area contributed by atoms with E-state index in [2.05, 4.69) is 21.2 Å². The second-order valence-corrected chi connectivity index (χ2v) is 6.11. The van der Waals surface area contributed by atoms with Gasteiger partial charge >= 0.3 is 0 Å². The van der Waals surface area contributed by atoms with E-state index in [4.69, 9.17) is 9.26 Å². The molecule has 0 N–H and O–H groups in total. The highest BCUT2D eigenvalue weighted by atomic mass is 16.5. The molecule has 0 saturated heterocycles. The van der Waals surface area contributed by atoms with Crippen LogP contribution in [-0.4, -0.2) is 40.1 Å². The van der Waals surface area contributed by atoms with Gasteiger partial charge < -0.3 is 14.2 Å². The molecule has 7 heteroatoms. The number of aromatic nitrogens is 3. The number of fused-ring (bicyclic) bond motifs is 1. The lowest BCUT2D eigenvalue weighted by Gasteiger charge is -2.27. The maximum Gasteiger partial charge on any atom is 0.246 e. The number of methoxy groups -OCH3 is 1. The summed E-state index contributed by atoms with van der Waals surface area (Å²) in [5, 5.41) is 3.89. The number of ether oxygens (including phenoxy) is 1.